The summed E-state index contributed by atoms with van der Waals surface area (Å²) < 4.78 is 5.56. The van der Waals surface area contributed by atoms with Crippen LogP contribution in [0.2, 0.25) is 0 Å². The van der Waals surface area contributed by atoms with Crippen LogP contribution in [0.4, 0.5) is 0 Å². The third kappa shape index (κ3) is 1.17. The average Bonchev–Trinajstić information content (AvgIpc) is 1.89. The summed E-state index contributed by atoms with van der Waals surface area (Å²) in [6.07, 6.45) is 1.73. The quantitative estimate of drug-likeness (QED) is 0.471. The van der Waals surface area contributed by atoms with E-state index in [4.69, 9.17) is 4.74 Å². The highest BCUT2D eigenvalue weighted by molar-refractivity contribution is 4.90. The molecular formula is C7H14N2O. The van der Waals surface area contributed by atoms with Gasteiger partial charge in [-0.2, -0.15) is 0 Å². The van der Waals surface area contributed by atoms with Crippen LogP contribution in [0.15, 0.2) is 0 Å². The zero-order valence-electron chi connectivity index (χ0n) is 6.10. The van der Waals surface area contributed by atoms with Gasteiger partial charge in [-0.25, -0.2) is 0 Å². The topological polar surface area (TPSA) is 33.3 Å². The molecule has 2 unspecified atom stereocenters. The Morgan fingerprint density at radius 1 is 1.30 bits per heavy atom. The molecule has 2 saturated heterocycles. The molecule has 2 atom stereocenters. The van der Waals surface area contributed by atoms with Gasteiger partial charge in [-0.1, -0.05) is 0 Å². The minimum atomic E-state index is 0.516. The Balaban J connectivity index is 1.83. The van der Waals surface area contributed by atoms with Crippen LogP contribution in [-0.2, 0) is 4.74 Å². The van der Waals surface area contributed by atoms with Crippen molar-refractivity contribution in [2.24, 2.45) is 0 Å². The maximum Gasteiger partial charge on any atom is 0.0853 e. The molecule has 0 radical (unpaired) electrons. The first-order valence-electron chi connectivity index (χ1n) is 4.02. The van der Waals surface area contributed by atoms with Crippen LogP contribution < -0.4 is 10.6 Å². The van der Waals surface area contributed by atoms with Gasteiger partial charge in [-0.3, -0.25) is 0 Å². The number of hydrogen-bond donors (Lipinski definition) is 2. The Bertz CT molecular complexity index is 104. The second-order valence-electron chi connectivity index (χ2n) is 2.96. The van der Waals surface area contributed by atoms with E-state index < -0.39 is 0 Å². The molecule has 2 fully saturated rings. The summed E-state index contributed by atoms with van der Waals surface area (Å²) in [6.45, 7) is 4.09. The lowest BCUT2D eigenvalue weighted by Gasteiger charge is -2.39. The van der Waals surface area contributed by atoms with E-state index in [-0.39, 0.29) is 0 Å². The van der Waals surface area contributed by atoms with Gasteiger partial charge in [0.05, 0.1) is 12.7 Å². The van der Waals surface area contributed by atoms with Gasteiger partial charge in [0.2, 0.25) is 0 Å². The highest BCUT2D eigenvalue weighted by Gasteiger charge is 2.30. The summed E-state index contributed by atoms with van der Waals surface area (Å²) in [4.78, 5) is 0. The van der Waals surface area contributed by atoms with Crippen LogP contribution in [0.5, 0.6) is 0 Å². The van der Waals surface area contributed by atoms with Crippen molar-refractivity contribution in [2.75, 3.05) is 26.2 Å². The number of rotatable bonds is 0. The van der Waals surface area contributed by atoms with Crippen LogP contribution in [0.1, 0.15) is 6.42 Å². The molecule has 2 rings (SSSR count). The van der Waals surface area contributed by atoms with Gasteiger partial charge in [-0.15, -0.1) is 0 Å². The van der Waals surface area contributed by atoms with Crippen LogP contribution in [0.25, 0.3) is 0 Å². The first-order valence-corrected chi connectivity index (χ1v) is 4.02. The van der Waals surface area contributed by atoms with Gasteiger partial charge < -0.3 is 15.4 Å². The predicted molar refractivity (Wildman–Crippen MR) is 39.0 cm³/mol. The lowest BCUT2D eigenvalue weighted by atomic mass is 9.99. The molecule has 0 aromatic rings. The van der Waals surface area contributed by atoms with Crippen LogP contribution >= 0.6 is 0 Å². The summed E-state index contributed by atoms with van der Waals surface area (Å²) in [5, 5.41) is 6.66. The van der Waals surface area contributed by atoms with Crippen molar-refractivity contribution < 1.29 is 4.74 Å². The fourth-order valence-corrected chi connectivity index (χ4v) is 1.51. The number of hydrogen-bond acceptors (Lipinski definition) is 3. The van der Waals surface area contributed by atoms with Gasteiger partial charge in [-0.05, 0) is 13.0 Å². The van der Waals surface area contributed by atoms with E-state index in [0.29, 0.717) is 12.1 Å². The Labute approximate surface area is 61.1 Å². The predicted octanol–water partition coefficient (Wildman–Crippen LogP) is -0.663. The summed E-state index contributed by atoms with van der Waals surface area (Å²) in [5.74, 6) is 0. The van der Waals surface area contributed by atoms with Crippen molar-refractivity contribution in [3.8, 4) is 0 Å². The first kappa shape index (κ1) is 6.58. The molecule has 0 aromatic carbocycles. The second kappa shape index (κ2) is 2.86. The van der Waals surface area contributed by atoms with Gasteiger partial charge in [0.1, 0.15) is 0 Å². The third-order valence-corrected chi connectivity index (χ3v) is 2.27. The molecule has 0 spiro atoms. The molecule has 3 heteroatoms. The third-order valence-electron chi connectivity index (χ3n) is 2.27. The van der Waals surface area contributed by atoms with Gasteiger partial charge >= 0.3 is 0 Å². The lowest BCUT2D eigenvalue weighted by molar-refractivity contribution is -0.0256. The maximum absolute atomic E-state index is 5.56. The van der Waals surface area contributed by atoms with E-state index in [2.05, 4.69) is 10.6 Å². The van der Waals surface area contributed by atoms with Crippen molar-refractivity contribution >= 4 is 0 Å². The van der Waals surface area contributed by atoms with Crippen LogP contribution in [0.3, 0.4) is 0 Å². The van der Waals surface area contributed by atoms with Crippen LogP contribution in [0, 0.1) is 0 Å². The molecule has 58 valence electrons. The molecule has 2 aliphatic heterocycles. The maximum atomic E-state index is 5.56. The summed E-state index contributed by atoms with van der Waals surface area (Å²) in [7, 11) is 0. The number of ether oxygens (including phenoxy) is 1. The Kier molecular flexibility index (Phi) is 1.88. The van der Waals surface area contributed by atoms with Crippen molar-refractivity contribution in [1.29, 1.82) is 0 Å². The summed E-state index contributed by atoms with van der Waals surface area (Å²) in [5.41, 5.74) is 0. The minimum Gasteiger partial charge on any atom is -0.374 e. The van der Waals surface area contributed by atoms with Crippen molar-refractivity contribution in [1.82, 2.24) is 10.6 Å². The van der Waals surface area contributed by atoms with Crippen molar-refractivity contribution in [3.63, 3.8) is 0 Å². The normalized spacial score (nSPS) is 40.8. The van der Waals surface area contributed by atoms with E-state index in [9.17, 15) is 0 Å². The van der Waals surface area contributed by atoms with Crippen molar-refractivity contribution in [3.05, 3.63) is 0 Å². The highest BCUT2D eigenvalue weighted by atomic mass is 16.5. The SMILES string of the molecule is C1COC2CNC2CCN1. The molecular weight excluding hydrogens is 128 g/mol. The van der Waals surface area contributed by atoms with E-state index in [0.717, 1.165) is 26.2 Å². The molecule has 2 aliphatic rings. The van der Waals surface area contributed by atoms with Gasteiger partial charge in [0.25, 0.3) is 0 Å². The molecule has 0 bridgehead atoms. The largest absolute Gasteiger partial charge is 0.374 e. The van der Waals surface area contributed by atoms with Crippen molar-refractivity contribution in [2.45, 2.75) is 18.6 Å². The summed E-state index contributed by atoms with van der Waals surface area (Å²) >= 11 is 0. The molecule has 0 amide bonds. The van der Waals surface area contributed by atoms with E-state index in [1.165, 1.54) is 6.42 Å². The smallest absolute Gasteiger partial charge is 0.0853 e. The zero-order valence-corrected chi connectivity index (χ0v) is 6.10. The lowest BCUT2D eigenvalue weighted by Crippen LogP contribution is -2.60. The zero-order chi connectivity index (χ0) is 6.81. The number of fused-ring (bicyclic) bond motifs is 1. The molecule has 2 N–H and O–H groups in total. The second-order valence-corrected chi connectivity index (χ2v) is 2.96. The van der Waals surface area contributed by atoms with E-state index >= 15 is 0 Å². The molecule has 0 saturated carbocycles. The average molecular weight is 142 g/mol. The van der Waals surface area contributed by atoms with Gasteiger partial charge in [0, 0.05) is 19.1 Å². The Morgan fingerprint density at radius 3 is 3.10 bits per heavy atom. The fraction of sp³-hybridized carbons (Fsp3) is 1.00. The summed E-state index contributed by atoms with van der Waals surface area (Å²) in [6, 6.07) is 0.632. The van der Waals surface area contributed by atoms with E-state index in [1.54, 1.807) is 0 Å². The van der Waals surface area contributed by atoms with Gasteiger partial charge in [0.15, 0.2) is 0 Å². The minimum absolute atomic E-state index is 0.516. The molecule has 10 heavy (non-hydrogen) atoms. The number of nitrogens with one attached hydrogen (secondary N) is 2. The molecule has 0 aliphatic carbocycles. The van der Waals surface area contributed by atoms with E-state index in [1.807, 2.05) is 0 Å². The van der Waals surface area contributed by atoms with Crippen LogP contribution in [-0.4, -0.2) is 38.4 Å². The fourth-order valence-electron chi connectivity index (χ4n) is 1.51. The Hall–Kier alpha value is -0.120. The molecule has 0 aromatic heterocycles. The monoisotopic (exact) mass is 142 g/mol. The molecule has 3 nitrogen and oxygen atoms in total. The standard InChI is InChI=1S/C7H14N2O/c1-2-8-3-4-10-7-5-9-6(1)7/h6-9H,1-5H2. The molecule has 2 heterocycles. The first-order chi connectivity index (χ1) is 4.97. The Morgan fingerprint density at radius 2 is 2.30 bits per heavy atom. The highest BCUT2D eigenvalue weighted by Crippen LogP contribution is 2.12.